The molecule has 3 aromatic carbocycles. The summed E-state index contributed by atoms with van der Waals surface area (Å²) in [5.41, 5.74) is 13.6. The highest BCUT2D eigenvalue weighted by Crippen LogP contribution is 2.35. The molecule has 0 saturated heterocycles. The van der Waals surface area contributed by atoms with Crippen molar-refractivity contribution in [1.29, 1.82) is 5.26 Å². The number of hydrogen-bond acceptors (Lipinski definition) is 5. The molecule has 1 aliphatic heterocycles. The summed E-state index contributed by atoms with van der Waals surface area (Å²) in [5.74, 6) is 0. The van der Waals surface area contributed by atoms with Gasteiger partial charge in [-0.05, 0) is 54.6 Å². The molecule has 0 saturated carbocycles. The first-order chi connectivity index (χ1) is 15.2. The minimum Gasteiger partial charge on any atom is -0.367 e. The van der Waals surface area contributed by atoms with Crippen LogP contribution in [-0.2, 0) is 13.0 Å². The lowest BCUT2D eigenvalue weighted by Crippen LogP contribution is -2.32. The van der Waals surface area contributed by atoms with E-state index in [4.69, 9.17) is 21.8 Å². The van der Waals surface area contributed by atoms with Crippen LogP contribution >= 0.6 is 11.6 Å². The molecule has 5 rings (SSSR count). The Kier molecular flexibility index (Phi) is 5.07. The maximum atomic E-state index is 9.08. The van der Waals surface area contributed by atoms with Crippen LogP contribution in [0, 0.1) is 11.3 Å². The third kappa shape index (κ3) is 3.86. The first-order valence-electron chi connectivity index (χ1n) is 10.1. The molecular weight excluding hydrogens is 406 g/mol. The van der Waals surface area contributed by atoms with Gasteiger partial charge in [0.15, 0.2) is 0 Å². The van der Waals surface area contributed by atoms with E-state index in [0.717, 1.165) is 58.7 Å². The van der Waals surface area contributed by atoms with Crippen LogP contribution in [0.5, 0.6) is 0 Å². The van der Waals surface area contributed by atoms with Crippen molar-refractivity contribution in [2.24, 2.45) is 0 Å². The predicted octanol–water partition coefficient (Wildman–Crippen LogP) is 5.76. The molecule has 6 heteroatoms. The minimum absolute atomic E-state index is 0.667. The Morgan fingerprint density at radius 3 is 2.55 bits per heavy atom. The molecule has 0 spiro atoms. The Hall–Kier alpha value is -3.75. The zero-order valence-corrected chi connectivity index (χ0v) is 17.5. The number of hydrogen-bond donors (Lipinski definition) is 2. The number of anilines is 3. The zero-order valence-electron chi connectivity index (χ0n) is 16.8. The van der Waals surface area contributed by atoms with Crippen molar-refractivity contribution in [2.45, 2.75) is 13.0 Å². The highest BCUT2D eigenvalue weighted by Gasteiger charge is 2.23. The van der Waals surface area contributed by atoms with Crippen LogP contribution in [0.25, 0.3) is 10.9 Å². The SMILES string of the molecule is N#Cc1ccc(N2CCc3nc4cc(Cl)ccc4c(NNc4ccccc4)c3C2)cc1. The zero-order chi connectivity index (χ0) is 21.2. The van der Waals surface area contributed by atoms with Gasteiger partial charge in [0.25, 0.3) is 0 Å². The number of pyridine rings is 1. The monoisotopic (exact) mass is 425 g/mol. The van der Waals surface area contributed by atoms with Crippen LogP contribution in [0.15, 0.2) is 72.8 Å². The van der Waals surface area contributed by atoms with Gasteiger partial charge in [-0.2, -0.15) is 5.26 Å². The van der Waals surface area contributed by atoms with Crippen LogP contribution in [0.2, 0.25) is 5.02 Å². The van der Waals surface area contributed by atoms with Gasteiger partial charge in [-0.25, -0.2) is 0 Å². The van der Waals surface area contributed by atoms with Gasteiger partial charge in [-0.3, -0.25) is 10.4 Å². The molecule has 2 heterocycles. The molecule has 0 aliphatic carbocycles. The molecule has 0 unspecified atom stereocenters. The molecule has 0 fully saturated rings. The summed E-state index contributed by atoms with van der Waals surface area (Å²) >= 11 is 6.25. The number of para-hydroxylation sites is 1. The van der Waals surface area contributed by atoms with Crippen LogP contribution < -0.4 is 15.8 Å². The average molecular weight is 426 g/mol. The Labute approximate surface area is 185 Å². The molecule has 0 amide bonds. The first-order valence-corrected chi connectivity index (χ1v) is 10.5. The summed E-state index contributed by atoms with van der Waals surface area (Å²) in [6.45, 7) is 1.59. The van der Waals surface area contributed by atoms with Crippen molar-refractivity contribution in [3.8, 4) is 6.07 Å². The van der Waals surface area contributed by atoms with Crippen molar-refractivity contribution in [3.05, 3.63) is 94.6 Å². The fourth-order valence-corrected chi connectivity index (χ4v) is 4.15. The van der Waals surface area contributed by atoms with Gasteiger partial charge in [0, 0.05) is 46.9 Å². The molecule has 2 N–H and O–H groups in total. The second-order valence-electron chi connectivity index (χ2n) is 7.52. The van der Waals surface area contributed by atoms with Gasteiger partial charge in [0.2, 0.25) is 0 Å². The largest absolute Gasteiger partial charge is 0.367 e. The number of hydrazine groups is 1. The van der Waals surface area contributed by atoms with E-state index in [1.54, 1.807) is 0 Å². The molecule has 1 aliphatic rings. The summed E-state index contributed by atoms with van der Waals surface area (Å²) in [4.78, 5) is 7.25. The van der Waals surface area contributed by atoms with E-state index in [2.05, 4.69) is 21.8 Å². The number of fused-ring (bicyclic) bond motifs is 2. The molecule has 0 bridgehead atoms. The highest BCUT2D eigenvalue weighted by atomic mass is 35.5. The molecule has 0 radical (unpaired) electrons. The summed E-state index contributed by atoms with van der Waals surface area (Å²) in [5, 5.41) is 10.8. The average Bonchev–Trinajstić information content (AvgIpc) is 2.82. The lowest BCUT2D eigenvalue weighted by atomic mass is 9.99. The molecular formula is C25H20ClN5. The first kappa shape index (κ1) is 19.2. The van der Waals surface area contributed by atoms with E-state index in [1.165, 1.54) is 0 Å². The van der Waals surface area contributed by atoms with Crippen LogP contribution in [-0.4, -0.2) is 11.5 Å². The van der Waals surface area contributed by atoms with E-state index in [0.29, 0.717) is 10.6 Å². The lowest BCUT2D eigenvalue weighted by molar-refractivity contribution is 0.717. The molecule has 0 atom stereocenters. The number of nitrogens with one attached hydrogen (secondary N) is 2. The smallest absolute Gasteiger partial charge is 0.0991 e. The molecule has 152 valence electrons. The maximum absolute atomic E-state index is 9.08. The van der Waals surface area contributed by atoms with E-state index >= 15 is 0 Å². The van der Waals surface area contributed by atoms with Gasteiger partial charge in [-0.1, -0.05) is 29.8 Å². The summed E-state index contributed by atoms with van der Waals surface area (Å²) in [6.07, 6.45) is 0.831. The quantitative estimate of drug-likeness (QED) is 0.407. The van der Waals surface area contributed by atoms with Gasteiger partial charge in [-0.15, -0.1) is 0 Å². The number of nitrogens with zero attached hydrogens (tertiary/aromatic N) is 3. The fraction of sp³-hybridized carbons (Fsp3) is 0.120. The second kappa shape index (κ2) is 8.17. The Bertz CT molecular complexity index is 1280. The molecule has 31 heavy (non-hydrogen) atoms. The number of nitriles is 1. The third-order valence-corrected chi connectivity index (χ3v) is 5.80. The minimum atomic E-state index is 0.667. The number of benzene rings is 3. The maximum Gasteiger partial charge on any atom is 0.0991 e. The Balaban J connectivity index is 1.54. The summed E-state index contributed by atoms with van der Waals surface area (Å²) < 4.78 is 0. The lowest BCUT2D eigenvalue weighted by Gasteiger charge is -2.32. The fourth-order valence-electron chi connectivity index (χ4n) is 3.98. The molecule has 1 aromatic heterocycles. The van der Waals surface area contributed by atoms with E-state index in [9.17, 15) is 0 Å². The number of rotatable bonds is 4. The van der Waals surface area contributed by atoms with Crippen LogP contribution in [0.1, 0.15) is 16.8 Å². The van der Waals surface area contributed by atoms with Gasteiger partial charge in [0.1, 0.15) is 0 Å². The van der Waals surface area contributed by atoms with Crippen molar-refractivity contribution < 1.29 is 0 Å². The standard InChI is InChI=1S/C25H20ClN5/c26-18-8-11-21-24(14-18)28-23-12-13-31(20-9-6-17(15-27)7-10-20)16-22(23)25(21)30-29-19-4-2-1-3-5-19/h1-11,14,29H,12-13,16H2,(H,28,30). The van der Waals surface area contributed by atoms with Crippen LogP contribution in [0.4, 0.5) is 17.1 Å². The van der Waals surface area contributed by atoms with Crippen LogP contribution in [0.3, 0.4) is 0 Å². The third-order valence-electron chi connectivity index (χ3n) is 5.57. The second-order valence-corrected chi connectivity index (χ2v) is 7.96. The number of aromatic nitrogens is 1. The Morgan fingerprint density at radius 2 is 1.77 bits per heavy atom. The van der Waals surface area contributed by atoms with Gasteiger partial charge >= 0.3 is 0 Å². The number of halogens is 1. The van der Waals surface area contributed by atoms with E-state index in [1.807, 2.05) is 72.8 Å². The molecule has 5 nitrogen and oxygen atoms in total. The van der Waals surface area contributed by atoms with Gasteiger partial charge < -0.3 is 10.3 Å². The van der Waals surface area contributed by atoms with Gasteiger partial charge in [0.05, 0.1) is 28.5 Å². The van der Waals surface area contributed by atoms with E-state index < -0.39 is 0 Å². The van der Waals surface area contributed by atoms with Crippen molar-refractivity contribution in [1.82, 2.24) is 4.98 Å². The molecule has 4 aromatic rings. The topological polar surface area (TPSA) is 64.0 Å². The summed E-state index contributed by atoms with van der Waals surface area (Å²) in [6, 6.07) is 25.8. The normalized spacial score (nSPS) is 12.8. The van der Waals surface area contributed by atoms with Crippen molar-refractivity contribution in [3.63, 3.8) is 0 Å². The summed E-state index contributed by atoms with van der Waals surface area (Å²) in [7, 11) is 0. The van der Waals surface area contributed by atoms with Crippen molar-refractivity contribution >= 4 is 39.6 Å². The van der Waals surface area contributed by atoms with E-state index in [-0.39, 0.29) is 0 Å². The Morgan fingerprint density at radius 1 is 0.968 bits per heavy atom. The highest BCUT2D eigenvalue weighted by molar-refractivity contribution is 6.31. The predicted molar refractivity (Wildman–Crippen MR) is 126 cm³/mol. The van der Waals surface area contributed by atoms with Crippen molar-refractivity contribution in [2.75, 3.05) is 22.3 Å².